The fourth-order valence-corrected chi connectivity index (χ4v) is 4.14. The predicted molar refractivity (Wildman–Crippen MR) is 96.3 cm³/mol. The number of benzene rings is 2. The van der Waals surface area contributed by atoms with E-state index < -0.39 is 10.0 Å². The molecule has 0 atom stereocenters. The first kappa shape index (κ1) is 16.7. The number of carbonyl (C=O) groups is 1. The largest absolute Gasteiger partial charge is 0.486 e. The van der Waals surface area contributed by atoms with Crippen LogP contribution in [-0.2, 0) is 21.2 Å². The Bertz CT molecular complexity index is 972. The lowest BCUT2D eigenvalue weighted by Crippen LogP contribution is -2.17. The molecule has 8 heteroatoms. The summed E-state index contributed by atoms with van der Waals surface area (Å²) in [6.07, 6.45) is 1.78. The van der Waals surface area contributed by atoms with Crippen molar-refractivity contribution in [1.29, 1.82) is 0 Å². The molecule has 7 nitrogen and oxygen atoms in total. The molecule has 0 radical (unpaired) electrons. The summed E-state index contributed by atoms with van der Waals surface area (Å²) in [5.41, 5.74) is 1.89. The van der Waals surface area contributed by atoms with Crippen molar-refractivity contribution in [3.63, 3.8) is 0 Å². The van der Waals surface area contributed by atoms with Crippen molar-refractivity contribution in [2.45, 2.75) is 24.2 Å². The number of nitrogens with one attached hydrogen (secondary N) is 2. The molecule has 4 rings (SSSR count). The van der Waals surface area contributed by atoms with Crippen molar-refractivity contribution in [2.24, 2.45) is 0 Å². The molecule has 2 N–H and O–H groups in total. The highest BCUT2D eigenvalue weighted by Gasteiger charge is 2.20. The van der Waals surface area contributed by atoms with E-state index in [1.165, 1.54) is 6.07 Å². The Labute approximate surface area is 151 Å². The number of anilines is 2. The molecule has 2 aliphatic rings. The Balaban J connectivity index is 1.61. The van der Waals surface area contributed by atoms with Gasteiger partial charge in [-0.3, -0.25) is 9.52 Å². The number of hydrogen-bond acceptors (Lipinski definition) is 5. The molecule has 1 amide bonds. The molecular weight excluding hydrogens is 356 g/mol. The van der Waals surface area contributed by atoms with E-state index in [1.807, 2.05) is 0 Å². The van der Waals surface area contributed by atoms with Crippen LogP contribution in [0.2, 0.25) is 0 Å². The SMILES string of the molecule is O=C1CCCc2cc(S(=O)(=O)Nc3ccc4c(c3)OCCO4)ccc2N1. The minimum atomic E-state index is -3.76. The molecule has 0 bridgehead atoms. The maximum atomic E-state index is 12.7. The molecule has 0 aliphatic carbocycles. The van der Waals surface area contributed by atoms with E-state index in [4.69, 9.17) is 9.47 Å². The topological polar surface area (TPSA) is 93.7 Å². The lowest BCUT2D eigenvalue weighted by atomic mass is 10.1. The first-order valence-electron chi connectivity index (χ1n) is 8.36. The fourth-order valence-electron chi connectivity index (χ4n) is 3.04. The minimum Gasteiger partial charge on any atom is -0.486 e. The van der Waals surface area contributed by atoms with Gasteiger partial charge in [-0.05, 0) is 48.7 Å². The number of hydrogen-bond donors (Lipinski definition) is 2. The van der Waals surface area contributed by atoms with E-state index in [1.54, 1.807) is 30.3 Å². The van der Waals surface area contributed by atoms with Gasteiger partial charge >= 0.3 is 0 Å². The summed E-state index contributed by atoms with van der Waals surface area (Å²) in [5, 5.41) is 2.80. The summed E-state index contributed by atoms with van der Waals surface area (Å²) in [4.78, 5) is 11.8. The second kappa shape index (κ2) is 6.53. The summed E-state index contributed by atoms with van der Waals surface area (Å²) in [5.74, 6) is 1.06. The lowest BCUT2D eigenvalue weighted by Gasteiger charge is -2.19. The van der Waals surface area contributed by atoms with Gasteiger partial charge in [0.1, 0.15) is 13.2 Å². The summed E-state index contributed by atoms with van der Waals surface area (Å²) >= 11 is 0. The fraction of sp³-hybridized carbons (Fsp3) is 0.278. The van der Waals surface area contributed by atoms with Crippen LogP contribution in [0.15, 0.2) is 41.3 Å². The van der Waals surface area contributed by atoms with Gasteiger partial charge in [0, 0.05) is 18.2 Å². The van der Waals surface area contributed by atoms with E-state index in [0.29, 0.717) is 55.4 Å². The molecule has 0 aromatic heterocycles. The molecule has 26 heavy (non-hydrogen) atoms. The Morgan fingerprint density at radius 1 is 0.962 bits per heavy atom. The van der Waals surface area contributed by atoms with Gasteiger partial charge in [0.25, 0.3) is 10.0 Å². The zero-order valence-electron chi connectivity index (χ0n) is 13.9. The number of amides is 1. The zero-order chi connectivity index (χ0) is 18.1. The second-order valence-electron chi connectivity index (χ2n) is 6.18. The van der Waals surface area contributed by atoms with E-state index in [2.05, 4.69) is 10.0 Å². The molecular formula is C18H18N2O5S. The van der Waals surface area contributed by atoms with Crippen LogP contribution >= 0.6 is 0 Å². The maximum absolute atomic E-state index is 12.7. The lowest BCUT2D eigenvalue weighted by molar-refractivity contribution is -0.116. The third-order valence-electron chi connectivity index (χ3n) is 4.31. The standard InChI is InChI=1S/C18H18N2O5S/c21-18-3-1-2-12-10-14(5-6-15(12)19-18)26(22,23)20-13-4-7-16-17(11-13)25-9-8-24-16/h4-7,10-11,20H,1-3,8-9H2,(H,19,21). The first-order valence-corrected chi connectivity index (χ1v) is 9.85. The second-order valence-corrected chi connectivity index (χ2v) is 7.87. The highest BCUT2D eigenvalue weighted by molar-refractivity contribution is 7.92. The number of ether oxygens (including phenoxy) is 2. The average molecular weight is 374 g/mol. The molecule has 0 spiro atoms. The monoisotopic (exact) mass is 374 g/mol. The Morgan fingerprint density at radius 2 is 1.77 bits per heavy atom. The molecule has 2 aromatic rings. The minimum absolute atomic E-state index is 0.0474. The van der Waals surface area contributed by atoms with Gasteiger partial charge in [-0.2, -0.15) is 0 Å². The van der Waals surface area contributed by atoms with Gasteiger partial charge < -0.3 is 14.8 Å². The van der Waals surface area contributed by atoms with Crippen molar-refractivity contribution in [3.05, 3.63) is 42.0 Å². The first-order chi connectivity index (χ1) is 12.5. The average Bonchev–Trinajstić information content (AvgIpc) is 2.81. The molecule has 136 valence electrons. The Morgan fingerprint density at radius 3 is 2.62 bits per heavy atom. The third-order valence-corrected chi connectivity index (χ3v) is 5.68. The Kier molecular flexibility index (Phi) is 4.20. The normalized spacial score (nSPS) is 16.2. The van der Waals surface area contributed by atoms with E-state index >= 15 is 0 Å². The van der Waals surface area contributed by atoms with Crippen molar-refractivity contribution in [1.82, 2.24) is 0 Å². The van der Waals surface area contributed by atoms with Crippen LogP contribution < -0.4 is 19.5 Å². The summed E-state index contributed by atoms with van der Waals surface area (Å²) in [7, 11) is -3.76. The molecule has 0 fully saturated rings. The highest BCUT2D eigenvalue weighted by atomic mass is 32.2. The molecule has 0 saturated carbocycles. The van der Waals surface area contributed by atoms with Gasteiger partial charge in [-0.15, -0.1) is 0 Å². The third kappa shape index (κ3) is 3.32. The van der Waals surface area contributed by atoms with Crippen molar-refractivity contribution in [2.75, 3.05) is 23.3 Å². The number of sulfonamides is 1. The van der Waals surface area contributed by atoms with Gasteiger partial charge in [0.05, 0.1) is 10.6 Å². The maximum Gasteiger partial charge on any atom is 0.261 e. The van der Waals surface area contributed by atoms with E-state index in [9.17, 15) is 13.2 Å². The predicted octanol–water partition coefficient (Wildman–Crippen LogP) is 2.53. The van der Waals surface area contributed by atoms with Gasteiger partial charge in [-0.25, -0.2) is 8.42 Å². The van der Waals surface area contributed by atoms with Crippen LogP contribution in [0.25, 0.3) is 0 Å². The van der Waals surface area contributed by atoms with Crippen LogP contribution in [0, 0.1) is 0 Å². The van der Waals surface area contributed by atoms with Gasteiger partial charge in [-0.1, -0.05) is 0 Å². The van der Waals surface area contributed by atoms with Crippen molar-refractivity contribution in [3.8, 4) is 11.5 Å². The Hall–Kier alpha value is -2.74. The van der Waals surface area contributed by atoms with Crippen molar-refractivity contribution >= 4 is 27.3 Å². The number of fused-ring (bicyclic) bond motifs is 2. The van der Waals surface area contributed by atoms with Crippen LogP contribution in [0.4, 0.5) is 11.4 Å². The molecule has 2 aliphatic heterocycles. The summed E-state index contributed by atoms with van der Waals surface area (Å²) in [6.45, 7) is 0.906. The van der Waals surface area contributed by atoms with E-state index in [-0.39, 0.29) is 10.8 Å². The molecule has 0 saturated heterocycles. The van der Waals surface area contributed by atoms with E-state index in [0.717, 1.165) is 5.56 Å². The van der Waals surface area contributed by atoms with Gasteiger partial charge in [0.15, 0.2) is 11.5 Å². The van der Waals surface area contributed by atoms with Crippen LogP contribution in [-0.4, -0.2) is 27.5 Å². The number of carbonyl (C=O) groups excluding carboxylic acids is 1. The summed E-state index contributed by atoms with van der Waals surface area (Å²) < 4.78 is 39.0. The van der Waals surface area contributed by atoms with Crippen molar-refractivity contribution < 1.29 is 22.7 Å². The van der Waals surface area contributed by atoms with Crippen LogP contribution in [0.1, 0.15) is 18.4 Å². The summed E-state index contributed by atoms with van der Waals surface area (Å²) in [6, 6.07) is 9.66. The zero-order valence-corrected chi connectivity index (χ0v) is 14.8. The molecule has 2 aromatic carbocycles. The number of aryl methyl sites for hydroxylation is 1. The quantitative estimate of drug-likeness (QED) is 0.861. The molecule has 2 heterocycles. The van der Waals surface area contributed by atoms with Gasteiger partial charge in [0.2, 0.25) is 5.91 Å². The molecule has 0 unspecified atom stereocenters. The van der Waals surface area contributed by atoms with Crippen LogP contribution in [0.3, 0.4) is 0 Å². The highest BCUT2D eigenvalue weighted by Crippen LogP contribution is 2.33. The van der Waals surface area contributed by atoms with Crippen LogP contribution in [0.5, 0.6) is 11.5 Å². The number of rotatable bonds is 3. The smallest absolute Gasteiger partial charge is 0.261 e.